The number of benzene rings is 1. The molecule has 0 aliphatic heterocycles. The van der Waals surface area contributed by atoms with E-state index in [1.54, 1.807) is 27.2 Å². The van der Waals surface area contributed by atoms with Crippen LogP contribution in [-0.4, -0.2) is 23.2 Å². The predicted molar refractivity (Wildman–Crippen MR) is 65.5 cm³/mol. The quantitative estimate of drug-likeness (QED) is 0.856. The van der Waals surface area contributed by atoms with Crippen LogP contribution in [0.1, 0.15) is 19.4 Å². The highest BCUT2D eigenvalue weighted by Gasteiger charge is 2.31. The van der Waals surface area contributed by atoms with Crippen molar-refractivity contribution in [2.45, 2.75) is 19.3 Å². The molecule has 0 amide bonds. The Hall–Kier alpha value is -1.97. The SMILES string of the molecule is COc1ccc2[nH]cc(C(C)(C)C(=O)O)c2c1. The Balaban J connectivity index is 2.66. The highest BCUT2D eigenvalue weighted by molar-refractivity contribution is 5.92. The number of H-pyrrole nitrogens is 1. The van der Waals surface area contributed by atoms with Gasteiger partial charge in [0.25, 0.3) is 0 Å². The van der Waals surface area contributed by atoms with Gasteiger partial charge in [-0.3, -0.25) is 4.79 Å². The summed E-state index contributed by atoms with van der Waals surface area (Å²) in [5.41, 5.74) is 0.749. The summed E-state index contributed by atoms with van der Waals surface area (Å²) in [5.74, 6) is -0.124. The highest BCUT2D eigenvalue weighted by atomic mass is 16.5. The molecule has 0 saturated carbocycles. The zero-order valence-corrected chi connectivity index (χ0v) is 10.1. The molecule has 17 heavy (non-hydrogen) atoms. The largest absolute Gasteiger partial charge is 0.497 e. The molecular formula is C13H15NO3. The van der Waals surface area contributed by atoms with Crippen LogP contribution >= 0.6 is 0 Å². The Morgan fingerprint density at radius 2 is 2.12 bits per heavy atom. The van der Waals surface area contributed by atoms with E-state index >= 15 is 0 Å². The van der Waals surface area contributed by atoms with Gasteiger partial charge in [0, 0.05) is 17.1 Å². The van der Waals surface area contributed by atoms with Gasteiger partial charge in [0.05, 0.1) is 12.5 Å². The molecule has 0 bridgehead atoms. The van der Waals surface area contributed by atoms with Gasteiger partial charge in [0.15, 0.2) is 0 Å². The van der Waals surface area contributed by atoms with Crippen molar-refractivity contribution in [1.29, 1.82) is 0 Å². The van der Waals surface area contributed by atoms with Gasteiger partial charge in [-0.05, 0) is 37.6 Å². The maximum Gasteiger partial charge on any atom is 0.313 e. The van der Waals surface area contributed by atoms with Gasteiger partial charge in [-0.1, -0.05) is 0 Å². The summed E-state index contributed by atoms with van der Waals surface area (Å²) in [4.78, 5) is 14.4. The molecule has 2 N–H and O–H groups in total. The van der Waals surface area contributed by atoms with Crippen molar-refractivity contribution in [2.75, 3.05) is 7.11 Å². The Morgan fingerprint density at radius 3 is 2.71 bits per heavy atom. The fourth-order valence-electron chi connectivity index (χ4n) is 1.86. The maximum absolute atomic E-state index is 11.3. The first-order valence-corrected chi connectivity index (χ1v) is 5.36. The van der Waals surface area contributed by atoms with E-state index in [1.807, 2.05) is 18.2 Å². The lowest BCUT2D eigenvalue weighted by atomic mass is 9.84. The summed E-state index contributed by atoms with van der Waals surface area (Å²) in [6, 6.07) is 5.58. The Bertz CT molecular complexity index is 569. The first kappa shape index (κ1) is 11.5. The smallest absolute Gasteiger partial charge is 0.313 e. The number of fused-ring (bicyclic) bond motifs is 1. The molecule has 0 unspecified atom stereocenters. The number of hydrogen-bond acceptors (Lipinski definition) is 2. The van der Waals surface area contributed by atoms with Crippen LogP contribution in [0.3, 0.4) is 0 Å². The van der Waals surface area contributed by atoms with Crippen LogP contribution in [0.25, 0.3) is 10.9 Å². The molecular weight excluding hydrogens is 218 g/mol. The standard InChI is InChI=1S/C13H15NO3/c1-13(2,12(15)16)10-7-14-11-5-4-8(17-3)6-9(10)11/h4-7,14H,1-3H3,(H,15,16). The summed E-state index contributed by atoms with van der Waals surface area (Å²) >= 11 is 0. The molecule has 1 heterocycles. The molecule has 90 valence electrons. The third-order valence-corrected chi connectivity index (χ3v) is 3.10. The number of nitrogens with one attached hydrogen (secondary N) is 1. The topological polar surface area (TPSA) is 62.3 Å². The van der Waals surface area contributed by atoms with Gasteiger partial charge >= 0.3 is 5.97 Å². The minimum atomic E-state index is -0.926. The van der Waals surface area contributed by atoms with Crippen molar-refractivity contribution in [3.8, 4) is 5.75 Å². The van der Waals surface area contributed by atoms with E-state index < -0.39 is 11.4 Å². The van der Waals surface area contributed by atoms with Crippen LogP contribution in [0.4, 0.5) is 0 Å². The van der Waals surface area contributed by atoms with Gasteiger partial charge in [-0.25, -0.2) is 0 Å². The van der Waals surface area contributed by atoms with Gasteiger partial charge in [-0.2, -0.15) is 0 Å². The first-order chi connectivity index (χ1) is 7.96. The van der Waals surface area contributed by atoms with Gasteiger partial charge < -0.3 is 14.8 Å². The maximum atomic E-state index is 11.3. The zero-order chi connectivity index (χ0) is 12.6. The van der Waals surface area contributed by atoms with E-state index in [9.17, 15) is 9.90 Å². The normalized spacial score (nSPS) is 11.7. The van der Waals surface area contributed by atoms with E-state index in [0.717, 1.165) is 22.2 Å². The van der Waals surface area contributed by atoms with Crippen LogP contribution in [0.2, 0.25) is 0 Å². The average Bonchev–Trinajstić information content (AvgIpc) is 2.71. The van der Waals surface area contributed by atoms with Crippen molar-refractivity contribution in [3.63, 3.8) is 0 Å². The first-order valence-electron chi connectivity index (χ1n) is 5.36. The fourth-order valence-corrected chi connectivity index (χ4v) is 1.86. The molecule has 2 aromatic rings. The molecule has 0 radical (unpaired) electrons. The molecule has 0 fully saturated rings. The molecule has 0 aliphatic carbocycles. The molecule has 0 spiro atoms. The minimum Gasteiger partial charge on any atom is -0.497 e. The summed E-state index contributed by atoms with van der Waals surface area (Å²) in [7, 11) is 1.59. The lowest BCUT2D eigenvalue weighted by Gasteiger charge is -2.18. The Kier molecular flexibility index (Phi) is 2.58. The monoisotopic (exact) mass is 233 g/mol. The van der Waals surface area contributed by atoms with Crippen molar-refractivity contribution in [2.24, 2.45) is 0 Å². The second kappa shape index (κ2) is 3.80. The molecule has 1 aromatic carbocycles. The van der Waals surface area contributed by atoms with Gasteiger partial charge in [-0.15, -0.1) is 0 Å². The number of carboxylic acid groups (broad SMARTS) is 1. The summed E-state index contributed by atoms with van der Waals surface area (Å²) in [6.07, 6.45) is 1.75. The van der Waals surface area contributed by atoms with Crippen molar-refractivity contribution in [3.05, 3.63) is 30.0 Å². The van der Waals surface area contributed by atoms with Crippen LogP contribution < -0.4 is 4.74 Å². The number of methoxy groups -OCH3 is 1. The van der Waals surface area contributed by atoms with E-state index in [1.165, 1.54) is 0 Å². The van der Waals surface area contributed by atoms with Crippen LogP contribution in [0.5, 0.6) is 5.75 Å². The van der Waals surface area contributed by atoms with E-state index in [2.05, 4.69) is 4.98 Å². The van der Waals surface area contributed by atoms with E-state index in [0.29, 0.717) is 0 Å². The molecule has 0 saturated heterocycles. The lowest BCUT2D eigenvalue weighted by Crippen LogP contribution is -2.28. The van der Waals surface area contributed by atoms with Crippen molar-refractivity contribution >= 4 is 16.9 Å². The number of rotatable bonds is 3. The van der Waals surface area contributed by atoms with E-state index in [4.69, 9.17) is 4.74 Å². The van der Waals surface area contributed by atoms with Crippen LogP contribution in [-0.2, 0) is 10.2 Å². The number of carboxylic acids is 1. The highest BCUT2D eigenvalue weighted by Crippen LogP contribution is 2.32. The number of carbonyl (C=O) groups is 1. The Morgan fingerprint density at radius 1 is 1.41 bits per heavy atom. The van der Waals surface area contributed by atoms with Crippen LogP contribution in [0.15, 0.2) is 24.4 Å². The summed E-state index contributed by atoms with van der Waals surface area (Å²) in [6.45, 7) is 3.38. The number of aromatic amines is 1. The average molecular weight is 233 g/mol. The van der Waals surface area contributed by atoms with Gasteiger partial charge in [0.2, 0.25) is 0 Å². The molecule has 4 nitrogen and oxygen atoms in total. The number of hydrogen-bond donors (Lipinski definition) is 2. The van der Waals surface area contributed by atoms with Gasteiger partial charge in [0.1, 0.15) is 5.75 Å². The lowest BCUT2D eigenvalue weighted by molar-refractivity contribution is -0.142. The third kappa shape index (κ3) is 1.75. The number of aromatic nitrogens is 1. The number of ether oxygens (including phenoxy) is 1. The number of aliphatic carboxylic acids is 1. The molecule has 1 aromatic heterocycles. The zero-order valence-electron chi connectivity index (χ0n) is 10.1. The fraction of sp³-hybridized carbons (Fsp3) is 0.308. The van der Waals surface area contributed by atoms with Crippen molar-refractivity contribution in [1.82, 2.24) is 4.98 Å². The molecule has 2 rings (SSSR count). The van der Waals surface area contributed by atoms with Crippen molar-refractivity contribution < 1.29 is 14.6 Å². The van der Waals surface area contributed by atoms with E-state index in [-0.39, 0.29) is 0 Å². The summed E-state index contributed by atoms with van der Waals surface area (Å²) < 4.78 is 5.16. The summed E-state index contributed by atoms with van der Waals surface area (Å²) in [5, 5.41) is 10.1. The minimum absolute atomic E-state index is 0.722. The molecule has 0 atom stereocenters. The third-order valence-electron chi connectivity index (χ3n) is 3.10. The van der Waals surface area contributed by atoms with Crippen LogP contribution in [0, 0.1) is 0 Å². The second-order valence-corrected chi connectivity index (χ2v) is 4.54. The molecule has 0 aliphatic rings. The molecule has 4 heteroatoms. The second-order valence-electron chi connectivity index (χ2n) is 4.54. The predicted octanol–water partition coefficient (Wildman–Crippen LogP) is 2.54. The Labute approximate surface area is 99.2 Å².